The Labute approximate surface area is 493 Å². The zero-order valence-corrected chi connectivity index (χ0v) is 53.1. The maximum Gasteiger partial charge on any atom is 0.305 e. The number of allylic oxidation sites excluding steroid dienone is 7. The molecule has 464 valence electrons. The topological polar surface area (TPSA) is 95.9 Å². The van der Waals surface area contributed by atoms with Crippen molar-refractivity contribution in [1.29, 1.82) is 0 Å². The summed E-state index contributed by atoms with van der Waals surface area (Å²) >= 11 is 0. The fourth-order valence-electron chi connectivity index (χ4n) is 10.9. The van der Waals surface area contributed by atoms with Crippen molar-refractivity contribution in [3.8, 4) is 0 Å². The minimum Gasteiger partial charge on any atom is -0.466 e. The number of amides is 1. The standard InChI is InChI=1S/C73H137NO5/c1-3-5-7-9-11-13-15-17-18-19-32-36-39-43-47-51-55-59-63-67-73(78)79-68-64-60-56-52-48-44-40-37-34-31-29-27-25-23-21-20-22-24-26-28-30-33-35-38-42-46-50-54-58-62-66-72(77)74-70(69-75)71(76)65-61-57-53-49-45-41-16-14-12-10-8-6-4-2/h11,13,17-18,21,23,61,65,70-71,75-76H,3-10,12,14-16,19-20,22,24-60,62-64,66-69H2,1-2H3,(H,74,77)/b13-11-,18-17-,23-21-,65-61+. The second-order valence-electron chi connectivity index (χ2n) is 24.2. The highest BCUT2D eigenvalue weighted by Gasteiger charge is 2.18. The second-order valence-corrected chi connectivity index (χ2v) is 24.2. The molecule has 2 unspecified atom stereocenters. The number of aliphatic hydroxyl groups is 2. The molecule has 0 aliphatic rings. The lowest BCUT2D eigenvalue weighted by molar-refractivity contribution is -0.143. The first kappa shape index (κ1) is 76.8. The van der Waals surface area contributed by atoms with Gasteiger partial charge in [0, 0.05) is 12.8 Å². The van der Waals surface area contributed by atoms with Gasteiger partial charge < -0.3 is 20.3 Å². The van der Waals surface area contributed by atoms with Crippen LogP contribution >= 0.6 is 0 Å². The summed E-state index contributed by atoms with van der Waals surface area (Å²) in [7, 11) is 0. The van der Waals surface area contributed by atoms with Gasteiger partial charge in [-0.1, -0.05) is 326 Å². The molecule has 0 aromatic heterocycles. The number of ether oxygens (including phenoxy) is 1. The number of aliphatic hydroxyl groups excluding tert-OH is 2. The summed E-state index contributed by atoms with van der Waals surface area (Å²) in [6.07, 6.45) is 89.1. The Kier molecular flexibility index (Phi) is 66.4. The van der Waals surface area contributed by atoms with Crippen molar-refractivity contribution in [2.75, 3.05) is 13.2 Å². The molecule has 0 radical (unpaired) electrons. The number of hydrogen-bond donors (Lipinski definition) is 3. The van der Waals surface area contributed by atoms with Crippen LogP contribution in [0.2, 0.25) is 0 Å². The summed E-state index contributed by atoms with van der Waals surface area (Å²) in [4.78, 5) is 24.6. The molecule has 0 aliphatic heterocycles. The van der Waals surface area contributed by atoms with Gasteiger partial charge in [0.25, 0.3) is 0 Å². The summed E-state index contributed by atoms with van der Waals surface area (Å²) in [5.41, 5.74) is 0. The molecule has 0 fully saturated rings. The van der Waals surface area contributed by atoms with E-state index in [9.17, 15) is 19.8 Å². The number of unbranched alkanes of at least 4 members (excludes halogenated alkanes) is 49. The lowest BCUT2D eigenvalue weighted by Gasteiger charge is -2.20. The van der Waals surface area contributed by atoms with Gasteiger partial charge in [-0.2, -0.15) is 0 Å². The maximum absolute atomic E-state index is 12.5. The summed E-state index contributed by atoms with van der Waals surface area (Å²) in [5, 5.41) is 23.1. The summed E-state index contributed by atoms with van der Waals surface area (Å²) in [5.74, 6) is -0.0526. The molecule has 6 nitrogen and oxygen atoms in total. The zero-order chi connectivity index (χ0) is 57.1. The Morgan fingerprint density at radius 2 is 0.633 bits per heavy atom. The first-order valence-electron chi connectivity index (χ1n) is 35.4. The molecule has 0 heterocycles. The number of carbonyl (C=O) groups excluding carboxylic acids is 2. The number of esters is 1. The van der Waals surface area contributed by atoms with Crippen molar-refractivity contribution in [2.24, 2.45) is 0 Å². The van der Waals surface area contributed by atoms with Crippen molar-refractivity contribution < 1.29 is 24.5 Å². The van der Waals surface area contributed by atoms with Crippen LogP contribution in [0, 0.1) is 0 Å². The van der Waals surface area contributed by atoms with Crippen LogP contribution in [-0.2, 0) is 14.3 Å². The molecule has 0 saturated carbocycles. The Hall–Kier alpha value is -2.18. The van der Waals surface area contributed by atoms with Crippen LogP contribution in [-0.4, -0.2) is 47.4 Å². The second kappa shape index (κ2) is 68.3. The molecule has 1 amide bonds. The molecule has 6 heteroatoms. The third kappa shape index (κ3) is 64.8. The number of hydrogen-bond acceptors (Lipinski definition) is 5. The van der Waals surface area contributed by atoms with Crippen LogP contribution in [0.1, 0.15) is 380 Å². The Bertz CT molecular complexity index is 1320. The van der Waals surface area contributed by atoms with E-state index in [2.05, 4.69) is 55.6 Å². The number of carbonyl (C=O) groups is 2. The van der Waals surface area contributed by atoms with E-state index in [1.54, 1.807) is 6.08 Å². The van der Waals surface area contributed by atoms with Gasteiger partial charge >= 0.3 is 5.97 Å². The molecule has 3 N–H and O–H groups in total. The Balaban J connectivity index is 3.36. The van der Waals surface area contributed by atoms with Crippen molar-refractivity contribution >= 4 is 11.9 Å². The zero-order valence-electron chi connectivity index (χ0n) is 53.1. The number of rotatable bonds is 66. The van der Waals surface area contributed by atoms with E-state index in [0.29, 0.717) is 19.4 Å². The third-order valence-electron chi connectivity index (χ3n) is 16.3. The normalized spacial score (nSPS) is 12.8. The monoisotopic (exact) mass is 1110 g/mol. The average molecular weight is 1110 g/mol. The largest absolute Gasteiger partial charge is 0.466 e. The third-order valence-corrected chi connectivity index (χ3v) is 16.3. The summed E-state index contributed by atoms with van der Waals surface area (Å²) < 4.78 is 5.51. The minimum absolute atomic E-state index is 0.0131. The van der Waals surface area contributed by atoms with Crippen molar-refractivity contribution in [2.45, 2.75) is 392 Å². The molecule has 0 aromatic carbocycles. The predicted octanol–water partition coefficient (Wildman–Crippen LogP) is 22.9. The van der Waals surface area contributed by atoms with Crippen molar-refractivity contribution in [1.82, 2.24) is 5.32 Å². The quantitative estimate of drug-likeness (QED) is 0.0320. The van der Waals surface area contributed by atoms with E-state index in [-0.39, 0.29) is 18.5 Å². The number of nitrogens with one attached hydrogen (secondary N) is 1. The van der Waals surface area contributed by atoms with Crippen molar-refractivity contribution in [3.05, 3.63) is 48.6 Å². The highest BCUT2D eigenvalue weighted by Crippen LogP contribution is 2.18. The molecule has 2 atom stereocenters. The first-order valence-corrected chi connectivity index (χ1v) is 35.4. The molecule has 79 heavy (non-hydrogen) atoms. The summed E-state index contributed by atoms with van der Waals surface area (Å²) in [6.45, 7) is 4.89. The van der Waals surface area contributed by atoms with Gasteiger partial charge in [-0.3, -0.25) is 9.59 Å². The fourth-order valence-corrected chi connectivity index (χ4v) is 10.9. The molecular formula is C73H137NO5. The Morgan fingerprint density at radius 3 is 1.00 bits per heavy atom. The lowest BCUT2D eigenvalue weighted by atomic mass is 10.0. The van der Waals surface area contributed by atoms with Gasteiger partial charge in [-0.15, -0.1) is 0 Å². The molecule has 0 saturated heterocycles. The minimum atomic E-state index is -0.843. The molecule has 0 spiro atoms. The van der Waals surface area contributed by atoms with Gasteiger partial charge in [0.1, 0.15) is 0 Å². The highest BCUT2D eigenvalue weighted by atomic mass is 16.5. The summed E-state index contributed by atoms with van der Waals surface area (Å²) in [6, 6.07) is -0.626. The smallest absolute Gasteiger partial charge is 0.305 e. The van der Waals surface area contributed by atoms with Crippen LogP contribution in [0.5, 0.6) is 0 Å². The van der Waals surface area contributed by atoms with Gasteiger partial charge in [0.15, 0.2) is 0 Å². The average Bonchev–Trinajstić information content (AvgIpc) is 3.45. The van der Waals surface area contributed by atoms with E-state index in [0.717, 1.165) is 51.4 Å². The van der Waals surface area contributed by atoms with E-state index in [1.165, 1.54) is 302 Å². The SMILES string of the molecule is CCCCC/C=C\C/C=C\CCCCCCCCCCCC(=O)OCCCCCCCCCCCCCC/C=C\CCCCCCCCCCCCCCCCC(=O)NC(CO)C(O)/C=C/CCCCCCCCCCCCC. The van der Waals surface area contributed by atoms with Crippen LogP contribution in [0.4, 0.5) is 0 Å². The van der Waals surface area contributed by atoms with E-state index >= 15 is 0 Å². The van der Waals surface area contributed by atoms with Crippen LogP contribution in [0.15, 0.2) is 48.6 Å². The van der Waals surface area contributed by atoms with Gasteiger partial charge in [-0.25, -0.2) is 0 Å². The highest BCUT2D eigenvalue weighted by molar-refractivity contribution is 5.76. The van der Waals surface area contributed by atoms with Gasteiger partial charge in [-0.05, 0) is 89.9 Å². The fraction of sp³-hybridized carbons (Fsp3) is 0.863. The van der Waals surface area contributed by atoms with E-state index in [1.807, 2.05) is 6.08 Å². The van der Waals surface area contributed by atoms with Crippen molar-refractivity contribution in [3.63, 3.8) is 0 Å². The predicted molar refractivity (Wildman–Crippen MR) is 347 cm³/mol. The first-order chi connectivity index (χ1) is 39.0. The molecule has 0 bridgehead atoms. The van der Waals surface area contributed by atoms with E-state index in [4.69, 9.17) is 4.74 Å². The molecular weight excluding hydrogens is 971 g/mol. The van der Waals surface area contributed by atoms with Crippen LogP contribution in [0.3, 0.4) is 0 Å². The van der Waals surface area contributed by atoms with Gasteiger partial charge in [0.2, 0.25) is 5.91 Å². The maximum atomic E-state index is 12.5. The van der Waals surface area contributed by atoms with Crippen LogP contribution in [0.25, 0.3) is 0 Å². The molecule has 0 aromatic rings. The van der Waals surface area contributed by atoms with E-state index < -0.39 is 12.1 Å². The molecule has 0 aliphatic carbocycles. The van der Waals surface area contributed by atoms with Gasteiger partial charge in [0.05, 0.1) is 25.4 Å². The van der Waals surface area contributed by atoms with Crippen LogP contribution < -0.4 is 5.32 Å². The Morgan fingerprint density at radius 1 is 0.354 bits per heavy atom. The molecule has 0 rings (SSSR count). The lowest BCUT2D eigenvalue weighted by Crippen LogP contribution is -2.45.